The summed E-state index contributed by atoms with van der Waals surface area (Å²) >= 11 is 0. The van der Waals surface area contributed by atoms with Crippen LogP contribution >= 0.6 is 0 Å². The average Bonchev–Trinajstić information content (AvgIpc) is 2.38. The zero-order valence-electron chi connectivity index (χ0n) is 14.1. The number of nitrogens with zero attached hydrogens (tertiary/aromatic N) is 2. The zero-order valence-corrected chi connectivity index (χ0v) is 15.0. The molecule has 1 atom stereocenters. The summed E-state index contributed by atoms with van der Waals surface area (Å²) in [6.07, 6.45) is 1.68. The molecule has 0 saturated carbocycles. The van der Waals surface area contributed by atoms with Crippen molar-refractivity contribution < 1.29 is 13.2 Å². The molecule has 0 aromatic heterocycles. The third kappa shape index (κ3) is 11.1. The summed E-state index contributed by atoms with van der Waals surface area (Å²) in [4.78, 5) is 17.3. The molecule has 0 spiro atoms. The van der Waals surface area contributed by atoms with E-state index in [4.69, 9.17) is 0 Å². The molecule has 0 saturated heterocycles. The monoisotopic (exact) mass is 332 g/mol. The molecule has 0 radical (unpaired) electrons. The smallest absolute Gasteiger partial charge is 0.243 e. The van der Waals surface area contributed by atoms with Crippen LogP contribution in [0.15, 0.2) is 17.1 Å². The molecule has 7 nitrogen and oxygen atoms in total. The number of aliphatic imine (C=N–C) groups is 1. The molecule has 8 heteroatoms. The van der Waals surface area contributed by atoms with Crippen LogP contribution in [0.25, 0.3) is 0 Å². The molecule has 0 rings (SSSR count). The molecule has 0 aliphatic rings. The molecule has 0 fully saturated rings. The lowest BCUT2D eigenvalue weighted by Gasteiger charge is -2.18. The van der Waals surface area contributed by atoms with Crippen molar-refractivity contribution in [2.45, 2.75) is 26.3 Å². The van der Waals surface area contributed by atoms with Gasteiger partial charge in [-0.3, -0.25) is 4.79 Å². The molecule has 0 aliphatic heterocycles. The van der Waals surface area contributed by atoms with E-state index in [1.165, 1.54) is 11.2 Å². The van der Waals surface area contributed by atoms with Crippen molar-refractivity contribution in [2.75, 3.05) is 39.2 Å². The van der Waals surface area contributed by atoms with Gasteiger partial charge in [0.1, 0.15) is 16.4 Å². The maximum atomic E-state index is 11.6. The van der Waals surface area contributed by atoms with Crippen LogP contribution in [-0.2, 0) is 14.6 Å². The molecular weight excluding hydrogens is 304 g/mol. The first kappa shape index (κ1) is 20.4. The van der Waals surface area contributed by atoms with Crippen LogP contribution in [0.1, 0.15) is 20.3 Å². The number of amides is 1. The third-order valence-electron chi connectivity index (χ3n) is 2.73. The molecule has 0 heterocycles. The van der Waals surface area contributed by atoms with Crippen molar-refractivity contribution in [2.24, 2.45) is 4.99 Å². The zero-order chi connectivity index (χ0) is 17.3. The number of rotatable bonds is 8. The van der Waals surface area contributed by atoms with Gasteiger partial charge in [0.15, 0.2) is 5.96 Å². The van der Waals surface area contributed by atoms with Gasteiger partial charge in [-0.1, -0.05) is 12.2 Å². The van der Waals surface area contributed by atoms with E-state index in [0.717, 1.165) is 5.57 Å². The second-order valence-corrected chi connectivity index (χ2v) is 7.99. The Morgan fingerprint density at radius 3 is 2.41 bits per heavy atom. The molecule has 2 N–H and O–H groups in total. The van der Waals surface area contributed by atoms with Gasteiger partial charge in [0.05, 0.1) is 5.75 Å². The minimum absolute atomic E-state index is 0.0251. The number of hydrogen-bond donors (Lipinski definition) is 2. The van der Waals surface area contributed by atoms with E-state index in [0.29, 0.717) is 18.9 Å². The van der Waals surface area contributed by atoms with E-state index in [-0.39, 0.29) is 24.2 Å². The number of hydrogen-bond acceptors (Lipinski definition) is 4. The van der Waals surface area contributed by atoms with Crippen molar-refractivity contribution >= 4 is 21.7 Å². The predicted octanol–water partition coefficient (Wildman–Crippen LogP) is 0.00910. The van der Waals surface area contributed by atoms with Crippen LogP contribution in [0.3, 0.4) is 0 Å². The number of carbonyl (C=O) groups is 1. The van der Waals surface area contributed by atoms with Gasteiger partial charge in [-0.2, -0.15) is 0 Å². The SMILES string of the molecule is C=C(C)CNC(=NCC(=O)N(C)C)NC(C)CCS(C)(=O)=O. The fourth-order valence-corrected chi connectivity index (χ4v) is 2.15. The van der Waals surface area contributed by atoms with E-state index in [1.807, 2.05) is 13.8 Å². The highest BCUT2D eigenvalue weighted by molar-refractivity contribution is 7.90. The molecule has 0 aliphatic carbocycles. The molecule has 1 amide bonds. The van der Waals surface area contributed by atoms with Crippen molar-refractivity contribution in [3.05, 3.63) is 12.2 Å². The Bertz CT molecular complexity index is 512. The molecule has 1 unspecified atom stereocenters. The van der Waals surface area contributed by atoms with Gasteiger partial charge in [-0.15, -0.1) is 0 Å². The van der Waals surface area contributed by atoms with Crippen molar-refractivity contribution in [1.82, 2.24) is 15.5 Å². The van der Waals surface area contributed by atoms with Crippen LogP contribution in [0.4, 0.5) is 0 Å². The lowest BCUT2D eigenvalue weighted by atomic mass is 10.2. The Labute approximate surface area is 133 Å². The second kappa shape index (κ2) is 9.45. The van der Waals surface area contributed by atoms with Gasteiger partial charge in [0.25, 0.3) is 0 Å². The minimum atomic E-state index is -2.99. The Balaban J connectivity index is 4.67. The maximum Gasteiger partial charge on any atom is 0.243 e. The van der Waals surface area contributed by atoms with Gasteiger partial charge in [0.2, 0.25) is 5.91 Å². The largest absolute Gasteiger partial charge is 0.354 e. The summed E-state index contributed by atoms with van der Waals surface area (Å²) in [6, 6.07) is -0.0828. The summed E-state index contributed by atoms with van der Waals surface area (Å²) in [5.41, 5.74) is 0.928. The normalized spacial score (nSPS) is 13.4. The first-order valence-electron chi connectivity index (χ1n) is 7.08. The van der Waals surface area contributed by atoms with E-state index in [2.05, 4.69) is 22.2 Å². The predicted molar refractivity (Wildman–Crippen MR) is 90.7 cm³/mol. The number of carbonyl (C=O) groups excluding carboxylic acids is 1. The standard InChI is InChI=1S/C14H28N4O3S/c1-11(2)9-15-14(16-10-13(19)18(4)5)17-12(3)7-8-22(6,20)21/h12H,1,7-10H2,2-6H3,(H2,15,16,17). The quantitative estimate of drug-likeness (QED) is 0.371. The van der Waals surface area contributed by atoms with E-state index in [1.54, 1.807) is 14.1 Å². The maximum absolute atomic E-state index is 11.6. The molecule has 22 heavy (non-hydrogen) atoms. The summed E-state index contributed by atoms with van der Waals surface area (Å²) in [5.74, 6) is 0.463. The van der Waals surface area contributed by atoms with Crippen molar-refractivity contribution in [3.63, 3.8) is 0 Å². The van der Waals surface area contributed by atoms with Crippen LogP contribution in [-0.4, -0.2) is 70.4 Å². The minimum Gasteiger partial charge on any atom is -0.354 e. The van der Waals surface area contributed by atoms with Crippen LogP contribution in [0.2, 0.25) is 0 Å². The summed E-state index contributed by atoms with van der Waals surface area (Å²) in [7, 11) is 0.342. The highest BCUT2D eigenvalue weighted by Crippen LogP contribution is 1.96. The number of guanidine groups is 1. The van der Waals surface area contributed by atoms with Gasteiger partial charge in [-0.05, 0) is 20.3 Å². The molecular formula is C14H28N4O3S. The number of likely N-dealkylation sites (N-methyl/N-ethyl adjacent to an activating group) is 1. The summed E-state index contributed by atoms with van der Waals surface area (Å²) in [5, 5.41) is 6.16. The van der Waals surface area contributed by atoms with Gasteiger partial charge < -0.3 is 15.5 Å². The second-order valence-electron chi connectivity index (χ2n) is 5.73. The molecule has 0 aromatic rings. The summed E-state index contributed by atoms with van der Waals surface area (Å²) in [6.45, 7) is 8.10. The molecule has 0 bridgehead atoms. The number of nitrogens with one attached hydrogen (secondary N) is 2. The van der Waals surface area contributed by atoms with Gasteiger partial charge in [-0.25, -0.2) is 13.4 Å². The fourth-order valence-electron chi connectivity index (χ4n) is 1.37. The topological polar surface area (TPSA) is 90.9 Å². The fraction of sp³-hybridized carbons (Fsp3) is 0.714. The Kier molecular flexibility index (Phi) is 8.77. The van der Waals surface area contributed by atoms with Gasteiger partial charge >= 0.3 is 0 Å². The highest BCUT2D eigenvalue weighted by Gasteiger charge is 2.10. The Morgan fingerprint density at radius 1 is 1.36 bits per heavy atom. The van der Waals surface area contributed by atoms with Crippen LogP contribution in [0, 0.1) is 0 Å². The van der Waals surface area contributed by atoms with Crippen LogP contribution < -0.4 is 10.6 Å². The number of sulfone groups is 1. The highest BCUT2D eigenvalue weighted by atomic mass is 32.2. The van der Waals surface area contributed by atoms with Crippen molar-refractivity contribution in [3.8, 4) is 0 Å². The molecule has 128 valence electrons. The van der Waals surface area contributed by atoms with Crippen molar-refractivity contribution in [1.29, 1.82) is 0 Å². The first-order chi connectivity index (χ1) is 10.0. The Morgan fingerprint density at radius 2 is 1.95 bits per heavy atom. The average molecular weight is 332 g/mol. The lowest BCUT2D eigenvalue weighted by Crippen LogP contribution is -2.44. The molecule has 0 aromatic carbocycles. The first-order valence-corrected chi connectivity index (χ1v) is 9.14. The lowest BCUT2D eigenvalue weighted by molar-refractivity contribution is -0.127. The van der Waals surface area contributed by atoms with E-state index < -0.39 is 9.84 Å². The summed E-state index contributed by atoms with van der Waals surface area (Å²) < 4.78 is 22.4. The van der Waals surface area contributed by atoms with E-state index >= 15 is 0 Å². The van der Waals surface area contributed by atoms with Gasteiger partial charge in [0, 0.05) is 32.9 Å². The van der Waals surface area contributed by atoms with Crippen LogP contribution in [0.5, 0.6) is 0 Å². The third-order valence-corrected chi connectivity index (χ3v) is 3.71. The van der Waals surface area contributed by atoms with E-state index in [9.17, 15) is 13.2 Å². The Hall–Kier alpha value is -1.57.